The van der Waals surface area contributed by atoms with Crippen molar-refractivity contribution in [3.8, 4) is 28.1 Å². The molecular weight excluding hydrogens is 653 g/mol. The summed E-state index contributed by atoms with van der Waals surface area (Å²) < 4.78 is 79.5. The van der Waals surface area contributed by atoms with Crippen molar-refractivity contribution in [3.63, 3.8) is 0 Å². The number of carboxylic acids is 1. The van der Waals surface area contributed by atoms with Gasteiger partial charge in [-0.2, -0.15) is 13.2 Å². The molecule has 2 atom stereocenters. The molecule has 2 aliphatic rings. The molecule has 49 heavy (non-hydrogen) atoms. The zero-order chi connectivity index (χ0) is 35.4. The molecule has 2 aromatic heterocycles. The quantitative estimate of drug-likeness (QED) is 0.197. The summed E-state index contributed by atoms with van der Waals surface area (Å²) in [5, 5.41) is 9.51. The Kier molecular flexibility index (Phi) is 8.63. The highest BCUT2D eigenvalue weighted by Gasteiger charge is 2.42. The minimum Gasteiger partial charge on any atom is -0.481 e. The number of hydrogen-bond acceptors (Lipinski definition) is 8. The van der Waals surface area contributed by atoms with Crippen LogP contribution in [0.25, 0.3) is 22.3 Å². The summed E-state index contributed by atoms with van der Waals surface area (Å²) in [6.45, 7) is 5.04. The molecule has 1 N–H and O–H groups in total. The molecule has 2 aliphatic heterocycles. The monoisotopic (exact) mass is 683 g/mol. The van der Waals surface area contributed by atoms with Crippen LogP contribution in [0.3, 0.4) is 0 Å². The fourth-order valence-electron chi connectivity index (χ4n) is 6.24. The second-order valence-corrected chi connectivity index (χ2v) is 12.0. The molecule has 6 rings (SSSR count). The molecule has 1 amide bonds. The fourth-order valence-corrected chi connectivity index (χ4v) is 6.24. The smallest absolute Gasteiger partial charge is 0.416 e. The molecule has 15 heteroatoms. The Balaban J connectivity index is 1.42. The molecule has 2 unspecified atom stereocenters. The summed E-state index contributed by atoms with van der Waals surface area (Å²) in [5.74, 6) is -1.81. The topological polar surface area (TPSA) is 118 Å². The Morgan fingerprint density at radius 2 is 1.73 bits per heavy atom. The molecule has 0 radical (unpaired) electrons. The highest BCUT2D eigenvalue weighted by atomic mass is 19.4. The predicted molar refractivity (Wildman–Crippen MR) is 166 cm³/mol. The van der Waals surface area contributed by atoms with Gasteiger partial charge in [0.05, 0.1) is 49.6 Å². The van der Waals surface area contributed by atoms with Crippen LogP contribution in [0.15, 0.2) is 48.8 Å². The van der Waals surface area contributed by atoms with Crippen molar-refractivity contribution in [2.45, 2.75) is 51.8 Å². The number of pyridine rings is 1. The molecule has 2 fully saturated rings. The van der Waals surface area contributed by atoms with Crippen molar-refractivity contribution in [3.05, 3.63) is 88.1 Å². The first-order chi connectivity index (χ1) is 23.1. The van der Waals surface area contributed by atoms with Crippen LogP contribution in [0.5, 0.6) is 5.88 Å². The first-order valence-electron chi connectivity index (χ1n) is 15.1. The van der Waals surface area contributed by atoms with Gasteiger partial charge in [0.25, 0.3) is 0 Å². The van der Waals surface area contributed by atoms with Crippen LogP contribution in [0.2, 0.25) is 0 Å². The van der Waals surface area contributed by atoms with Gasteiger partial charge < -0.3 is 19.5 Å². The number of benzene rings is 2. The van der Waals surface area contributed by atoms with E-state index in [9.17, 15) is 36.6 Å². The second-order valence-electron chi connectivity index (χ2n) is 12.0. The van der Waals surface area contributed by atoms with Gasteiger partial charge in [-0.05, 0) is 79.4 Å². The normalized spacial score (nSPS) is 18.0. The van der Waals surface area contributed by atoms with Crippen molar-refractivity contribution < 1.29 is 46.1 Å². The van der Waals surface area contributed by atoms with Gasteiger partial charge in [0.2, 0.25) is 11.8 Å². The maximum absolute atomic E-state index is 14.3. The van der Waals surface area contributed by atoms with Crippen LogP contribution < -0.4 is 9.64 Å². The van der Waals surface area contributed by atoms with E-state index in [0.717, 1.165) is 17.7 Å². The lowest BCUT2D eigenvalue weighted by Crippen LogP contribution is -2.49. The van der Waals surface area contributed by atoms with Crippen molar-refractivity contribution in [2.75, 3.05) is 25.1 Å². The van der Waals surface area contributed by atoms with Crippen LogP contribution in [0.4, 0.5) is 32.7 Å². The number of cyclic esters (lactones) is 1. The van der Waals surface area contributed by atoms with Gasteiger partial charge in [-0.1, -0.05) is 0 Å². The maximum Gasteiger partial charge on any atom is 0.416 e. The number of carbonyl (C=O) groups excluding carboxylic acids is 1. The highest BCUT2D eigenvalue weighted by Crippen LogP contribution is 2.40. The van der Waals surface area contributed by atoms with Crippen LogP contribution in [-0.2, 0) is 17.5 Å². The van der Waals surface area contributed by atoms with E-state index in [0.29, 0.717) is 33.9 Å². The Bertz CT molecular complexity index is 1940. The van der Waals surface area contributed by atoms with Crippen molar-refractivity contribution >= 4 is 18.0 Å². The van der Waals surface area contributed by atoms with Gasteiger partial charge in [-0.3, -0.25) is 4.90 Å². The number of aryl methyl sites for hydroxylation is 2. The van der Waals surface area contributed by atoms with Crippen LogP contribution >= 0.6 is 0 Å². The second kappa shape index (κ2) is 12.6. The van der Waals surface area contributed by atoms with E-state index < -0.39 is 47.9 Å². The number of carbonyl (C=O) groups is 2. The van der Waals surface area contributed by atoms with E-state index in [1.807, 2.05) is 0 Å². The summed E-state index contributed by atoms with van der Waals surface area (Å²) in [4.78, 5) is 41.4. The van der Waals surface area contributed by atoms with E-state index in [-0.39, 0.29) is 48.3 Å². The van der Waals surface area contributed by atoms with Gasteiger partial charge >= 0.3 is 18.2 Å². The average molecular weight is 684 g/mol. The number of carboxylic acid groups (broad SMARTS) is 1. The zero-order valence-corrected chi connectivity index (χ0v) is 26.7. The largest absolute Gasteiger partial charge is 0.481 e. The average Bonchev–Trinajstić information content (AvgIpc) is 3.30. The van der Waals surface area contributed by atoms with E-state index in [2.05, 4.69) is 15.0 Å². The number of rotatable bonds is 8. The molecule has 256 valence electrons. The zero-order valence-electron chi connectivity index (χ0n) is 26.7. The third-order valence-corrected chi connectivity index (χ3v) is 8.67. The van der Waals surface area contributed by atoms with E-state index in [1.54, 1.807) is 50.1 Å². The Morgan fingerprint density at radius 3 is 2.35 bits per heavy atom. The number of hydrogen-bond donors (Lipinski definition) is 1. The minimum absolute atomic E-state index is 0.0649. The Morgan fingerprint density at radius 1 is 1.04 bits per heavy atom. The Labute approximate surface area is 277 Å². The standard InChI is InChI=1S/C34H30F5N5O5/c1-16-5-20(31(45)46)6-17(2)28(16)21-9-25(30(48-4)40-11-21)26-12-41-32(43-13-24(36)14-43)42-27(26)15-44-18(3)29(49-33(44)47)19-7-22(34(37,38)39)10-23(35)8-19/h5-12,18,24,29H,13-15H2,1-4H3,(H,45,46). The minimum atomic E-state index is -4.82. The van der Waals surface area contributed by atoms with E-state index in [1.165, 1.54) is 18.2 Å². The van der Waals surface area contributed by atoms with Crippen molar-refractivity contribution in [1.82, 2.24) is 19.9 Å². The summed E-state index contributed by atoms with van der Waals surface area (Å²) in [6, 6.07) is 6.03. The molecule has 4 aromatic rings. The van der Waals surface area contributed by atoms with Gasteiger partial charge in [-0.15, -0.1) is 0 Å². The number of anilines is 1. The molecule has 2 aromatic carbocycles. The number of methoxy groups -OCH3 is 1. The molecule has 0 saturated carbocycles. The molecular formula is C34H30F5N5O5. The van der Waals surface area contributed by atoms with Crippen molar-refractivity contribution in [2.24, 2.45) is 0 Å². The molecule has 0 bridgehead atoms. The summed E-state index contributed by atoms with van der Waals surface area (Å²) in [7, 11) is 1.42. The van der Waals surface area contributed by atoms with E-state index in [4.69, 9.17) is 9.47 Å². The Hall–Kier alpha value is -5.34. The predicted octanol–water partition coefficient (Wildman–Crippen LogP) is 6.93. The number of aromatic nitrogens is 3. The molecule has 0 spiro atoms. The van der Waals surface area contributed by atoms with Gasteiger partial charge in [0.15, 0.2) is 0 Å². The van der Waals surface area contributed by atoms with Crippen molar-refractivity contribution in [1.29, 1.82) is 0 Å². The lowest BCUT2D eigenvalue weighted by molar-refractivity contribution is -0.137. The first kappa shape index (κ1) is 33.6. The summed E-state index contributed by atoms with van der Waals surface area (Å²) in [5.41, 5.74) is 2.58. The number of aromatic carboxylic acids is 1. The summed E-state index contributed by atoms with van der Waals surface area (Å²) in [6.07, 6.45) is -4.90. The third-order valence-electron chi connectivity index (χ3n) is 8.67. The number of nitrogens with zero attached hydrogens (tertiary/aromatic N) is 5. The van der Waals surface area contributed by atoms with Crippen LogP contribution in [-0.4, -0.2) is 69.4 Å². The lowest BCUT2D eigenvalue weighted by Gasteiger charge is -2.34. The van der Waals surface area contributed by atoms with Crippen LogP contribution in [0, 0.1) is 19.7 Å². The number of alkyl halides is 4. The SMILES string of the molecule is COc1ncc(-c2c(C)cc(C(=O)O)cc2C)cc1-c1cnc(N2CC(F)C2)nc1CN1C(=O)OC(c2cc(F)cc(C(F)(F)F)c2)C1C. The lowest BCUT2D eigenvalue weighted by atomic mass is 9.92. The van der Waals surface area contributed by atoms with Crippen LogP contribution in [0.1, 0.15) is 51.3 Å². The van der Waals surface area contributed by atoms with E-state index >= 15 is 0 Å². The fraction of sp³-hybridized carbons (Fsp3) is 0.324. The van der Waals surface area contributed by atoms with Gasteiger partial charge in [0.1, 0.15) is 18.1 Å². The maximum atomic E-state index is 14.3. The number of ether oxygens (including phenoxy) is 2. The number of halogens is 5. The molecule has 0 aliphatic carbocycles. The first-order valence-corrected chi connectivity index (χ1v) is 15.1. The summed E-state index contributed by atoms with van der Waals surface area (Å²) >= 11 is 0. The number of amides is 1. The third kappa shape index (κ3) is 6.44. The van der Waals surface area contributed by atoms with Gasteiger partial charge in [-0.25, -0.2) is 33.3 Å². The molecule has 10 nitrogen and oxygen atoms in total. The van der Waals surface area contributed by atoms with Gasteiger partial charge in [0, 0.05) is 29.1 Å². The molecule has 2 saturated heterocycles. The molecule has 4 heterocycles. The highest BCUT2D eigenvalue weighted by molar-refractivity contribution is 5.90.